The molecule has 0 amide bonds. The monoisotopic (exact) mass is 306 g/mol. The topological polar surface area (TPSA) is 54.5 Å². The normalized spacial score (nSPS) is 24.5. The first-order valence-electron chi connectivity index (χ1n) is 7.50. The predicted octanol–water partition coefficient (Wildman–Crippen LogP) is 3.74. The number of hydrogen-bond donors (Lipinski definition) is 0. The number of hydrogen-bond acceptors (Lipinski definition) is 4. The Morgan fingerprint density at radius 1 is 1.36 bits per heavy atom. The second kappa shape index (κ2) is 3.76. The Bertz CT molecular complexity index is 957. The fourth-order valence-corrected chi connectivity index (χ4v) is 4.34. The van der Waals surface area contributed by atoms with Crippen LogP contribution in [-0.4, -0.2) is 14.8 Å². The minimum atomic E-state index is -0.256. The molecule has 22 heavy (non-hydrogen) atoms. The molecule has 4 nitrogen and oxygen atoms in total. The first kappa shape index (κ1) is 12.4. The van der Waals surface area contributed by atoms with Crippen LogP contribution in [0.5, 0.6) is 0 Å². The summed E-state index contributed by atoms with van der Waals surface area (Å²) in [5.41, 5.74) is 2.22. The highest BCUT2D eigenvalue weighted by molar-refractivity contribution is 7.09. The molecule has 2 saturated carbocycles. The van der Waals surface area contributed by atoms with E-state index in [-0.39, 0.29) is 10.8 Å². The molecule has 2 aliphatic carbocycles. The van der Waals surface area contributed by atoms with Gasteiger partial charge in [0.2, 0.25) is 0 Å². The maximum absolute atomic E-state index is 9.71. The van der Waals surface area contributed by atoms with Crippen molar-refractivity contribution in [2.75, 3.05) is 0 Å². The largest absolute Gasteiger partial charge is 0.222 e. The standard InChI is InChI=1S/C17H14N4S/c1-11-20-15(8-22-11)21-14-6-13(3-2-12(14)7-19-21)17(10-18)9-16(17)4-5-16/h2-3,6-8H,4-5,9H2,1H3/t17-/m0/s1. The van der Waals surface area contributed by atoms with Gasteiger partial charge in [0.15, 0.2) is 5.82 Å². The maximum atomic E-state index is 9.71. The van der Waals surface area contributed by atoms with Gasteiger partial charge in [-0.05, 0) is 43.2 Å². The van der Waals surface area contributed by atoms with Crippen molar-refractivity contribution in [1.82, 2.24) is 14.8 Å². The molecule has 1 atom stereocenters. The van der Waals surface area contributed by atoms with Crippen LogP contribution in [0.25, 0.3) is 16.7 Å². The number of aromatic nitrogens is 3. The molecule has 3 aromatic rings. The SMILES string of the molecule is Cc1nc(-n2ncc3ccc([C@@]4(C#N)CC45CC5)cc32)cs1. The Morgan fingerprint density at radius 2 is 2.23 bits per heavy atom. The molecule has 0 saturated heterocycles. The van der Waals surface area contributed by atoms with Gasteiger partial charge in [0.05, 0.1) is 28.2 Å². The second-order valence-corrected chi connectivity index (χ2v) is 7.59. The lowest BCUT2D eigenvalue weighted by molar-refractivity contribution is 0.738. The van der Waals surface area contributed by atoms with Gasteiger partial charge in [-0.15, -0.1) is 11.3 Å². The van der Waals surface area contributed by atoms with Crippen molar-refractivity contribution < 1.29 is 0 Å². The molecular weight excluding hydrogens is 292 g/mol. The molecule has 5 heteroatoms. The Labute approximate surface area is 132 Å². The molecule has 1 spiro atoms. The Balaban J connectivity index is 1.69. The van der Waals surface area contributed by atoms with Crippen molar-refractivity contribution in [3.63, 3.8) is 0 Å². The van der Waals surface area contributed by atoms with Crippen LogP contribution in [0.3, 0.4) is 0 Å². The summed E-state index contributed by atoms with van der Waals surface area (Å²) in [7, 11) is 0. The van der Waals surface area contributed by atoms with E-state index in [9.17, 15) is 5.26 Å². The average Bonchev–Trinajstić information content (AvgIpc) is 3.32. The van der Waals surface area contributed by atoms with Crippen molar-refractivity contribution >= 4 is 22.2 Å². The van der Waals surface area contributed by atoms with E-state index in [2.05, 4.69) is 34.4 Å². The fraction of sp³-hybridized carbons (Fsp3) is 0.353. The fourth-order valence-electron chi connectivity index (χ4n) is 3.76. The Hall–Kier alpha value is -2.19. The average molecular weight is 306 g/mol. The molecule has 5 rings (SSSR count). The number of fused-ring (bicyclic) bond motifs is 1. The first-order chi connectivity index (χ1) is 10.7. The minimum absolute atomic E-state index is 0.256. The molecule has 0 N–H and O–H groups in total. The van der Waals surface area contributed by atoms with Crippen molar-refractivity contribution in [3.05, 3.63) is 40.3 Å². The summed E-state index contributed by atoms with van der Waals surface area (Å²) in [4.78, 5) is 4.53. The van der Waals surface area contributed by atoms with Crippen molar-refractivity contribution in [1.29, 1.82) is 5.26 Å². The van der Waals surface area contributed by atoms with Gasteiger partial charge in [0.1, 0.15) is 0 Å². The molecule has 2 heterocycles. The molecule has 2 fully saturated rings. The lowest BCUT2D eigenvalue weighted by atomic mass is 9.93. The molecular formula is C17H14N4S. The second-order valence-electron chi connectivity index (χ2n) is 6.53. The molecule has 108 valence electrons. The number of thiazole rings is 1. The van der Waals surface area contributed by atoms with E-state index in [0.717, 1.165) is 33.7 Å². The zero-order valence-electron chi connectivity index (χ0n) is 12.2. The van der Waals surface area contributed by atoms with Crippen molar-refractivity contribution in [3.8, 4) is 11.9 Å². The zero-order chi connectivity index (χ0) is 14.9. The summed E-state index contributed by atoms with van der Waals surface area (Å²) < 4.78 is 1.88. The first-order valence-corrected chi connectivity index (χ1v) is 8.38. The van der Waals surface area contributed by atoms with Crippen LogP contribution in [0.15, 0.2) is 29.8 Å². The van der Waals surface area contributed by atoms with Gasteiger partial charge in [-0.2, -0.15) is 10.4 Å². The molecule has 0 bridgehead atoms. The molecule has 1 aromatic carbocycles. The summed E-state index contributed by atoms with van der Waals surface area (Å²) in [6, 6.07) is 8.94. The lowest BCUT2D eigenvalue weighted by Gasteiger charge is -2.09. The summed E-state index contributed by atoms with van der Waals surface area (Å²) in [5, 5.41) is 18.3. The maximum Gasteiger partial charge on any atom is 0.165 e. The third-order valence-electron chi connectivity index (χ3n) is 5.32. The van der Waals surface area contributed by atoms with Crippen LogP contribution in [-0.2, 0) is 5.41 Å². The van der Waals surface area contributed by atoms with E-state index in [1.165, 1.54) is 12.8 Å². The highest BCUT2D eigenvalue weighted by Gasteiger charge is 2.75. The van der Waals surface area contributed by atoms with Crippen LogP contribution < -0.4 is 0 Å². The summed E-state index contributed by atoms with van der Waals surface area (Å²) >= 11 is 1.62. The van der Waals surface area contributed by atoms with Gasteiger partial charge in [-0.3, -0.25) is 0 Å². The Kier molecular flexibility index (Phi) is 2.12. The van der Waals surface area contributed by atoms with Crippen LogP contribution in [0.4, 0.5) is 0 Å². The van der Waals surface area contributed by atoms with E-state index >= 15 is 0 Å². The van der Waals surface area contributed by atoms with E-state index in [4.69, 9.17) is 0 Å². The lowest BCUT2D eigenvalue weighted by Crippen LogP contribution is -2.07. The predicted molar refractivity (Wildman–Crippen MR) is 85.1 cm³/mol. The number of nitriles is 1. The van der Waals surface area contributed by atoms with Gasteiger partial charge < -0.3 is 0 Å². The number of benzene rings is 1. The smallest absolute Gasteiger partial charge is 0.165 e. The van der Waals surface area contributed by atoms with Gasteiger partial charge in [0, 0.05) is 10.8 Å². The van der Waals surface area contributed by atoms with Crippen LogP contribution in [0, 0.1) is 23.7 Å². The summed E-state index contributed by atoms with van der Waals surface area (Å²) in [6.07, 6.45) is 5.28. The van der Waals surface area contributed by atoms with E-state index in [0.29, 0.717) is 0 Å². The van der Waals surface area contributed by atoms with E-state index in [1.807, 2.05) is 23.2 Å². The van der Waals surface area contributed by atoms with Crippen LogP contribution >= 0.6 is 11.3 Å². The van der Waals surface area contributed by atoms with Crippen molar-refractivity contribution in [2.24, 2.45) is 5.41 Å². The van der Waals surface area contributed by atoms with Gasteiger partial charge in [-0.25, -0.2) is 9.67 Å². The van der Waals surface area contributed by atoms with Crippen LogP contribution in [0.2, 0.25) is 0 Å². The van der Waals surface area contributed by atoms with Gasteiger partial charge >= 0.3 is 0 Å². The molecule has 0 unspecified atom stereocenters. The molecule has 2 aliphatic rings. The zero-order valence-corrected chi connectivity index (χ0v) is 13.0. The van der Waals surface area contributed by atoms with Gasteiger partial charge in [0.25, 0.3) is 0 Å². The number of rotatable bonds is 2. The van der Waals surface area contributed by atoms with Gasteiger partial charge in [-0.1, -0.05) is 12.1 Å². The number of aryl methyl sites for hydroxylation is 1. The van der Waals surface area contributed by atoms with Crippen LogP contribution in [0.1, 0.15) is 29.8 Å². The number of nitrogens with zero attached hydrogens (tertiary/aromatic N) is 4. The molecule has 2 aromatic heterocycles. The Morgan fingerprint density at radius 3 is 2.86 bits per heavy atom. The minimum Gasteiger partial charge on any atom is -0.222 e. The van der Waals surface area contributed by atoms with Crippen molar-refractivity contribution in [2.45, 2.75) is 31.6 Å². The summed E-state index contributed by atoms with van der Waals surface area (Å²) in [5.74, 6) is 0.859. The third kappa shape index (κ3) is 1.41. The van der Waals surface area contributed by atoms with E-state index in [1.54, 1.807) is 11.3 Å². The highest BCUT2D eigenvalue weighted by atomic mass is 32.1. The quantitative estimate of drug-likeness (QED) is 0.725. The summed E-state index contributed by atoms with van der Waals surface area (Å²) in [6.45, 7) is 2.00. The molecule has 0 radical (unpaired) electrons. The van der Waals surface area contributed by atoms with E-state index < -0.39 is 0 Å². The highest BCUT2D eigenvalue weighted by Crippen LogP contribution is 2.78. The third-order valence-corrected chi connectivity index (χ3v) is 6.08. The molecule has 0 aliphatic heterocycles.